The zero-order chi connectivity index (χ0) is 8.43. The van der Waals surface area contributed by atoms with Crippen LogP contribution in [0.3, 0.4) is 0 Å². The van der Waals surface area contributed by atoms with E-state index in [9.17, 15) is 4.79 Å². The van der Waals surface area contributed by atoms with Crippen LogP contribution >= 0.6 is 0 Å². The van der Waals surface area contributed by atoms with E-state index in [2.05, 4.69) is 0 Å². The molecule has 1 rings (SSSR count). The van der Waals surface area contributed by atoms with Crippen LogP contribution in [0.15, 0.2) is 0 Å². The van der Waals surface area contributed by atoms with Gasteiger partial charge in [-0.15, -0.1) is 0 Å². The van der Waals surface area contributed by atoms with E-state index in [4.69, 9.17) is 5.11 Å². The fraction of sp³-hybridized carbons (Fsp3) is 0.875. The van der Waals surface area contributed by atoms with E-state index in [0.29, 0.717) is 0 Å². The Bertz CT molecular complexity index is 154. The van der Waals surface area contributed by atoms with Crippen molar-refractivity contribution >= 4 is 5.97 Å². The third-order valence-electron chi connectivity index (χ3n) is 2.26. The molecule has 0 radical (unpaired) electrons. The summed E-state index contributed by atoms with van der Waals surface area (Å²) >= 11 is 0. The number of hydrogen-bond acceptors (Lipinski definition) is 2. The average Bonchev–Trinajstić information content (AvgIpc) is 2.69. The highest BCUT2D eigenvalue weighted by Crippen LogP contribution is 2.29. The predicted molar refractivity (Wildman–Crippen MR) is 42.5 cm³/mol. The van der Waals surface area contributed by atoms with Gasteiger partial charge < -0.3 is 5.11 Å². The quantitative estimate of drug-likeness (QED) is 0.656. The molecule has 0 saturated heterocycles. The Labute approximate surface area is 67.0 Å². The molecule has 1 aliphatic rings. The molecule has 11 heavy (non-hydrogen) atoms. The number of nitrogens with zero attached hydrogens (tertiary/aromatic N) is 1. The molecule has 1 fully saturated rings. The lowest BCUT2D eigenvalue weighted by Gasteiger charge is -2.20. The number of carboxylic acid groups (broad SMARTS) is 1. The number of likely N-dealkylation sites (N-methyl/N-ethyl adjacent to an activating group) is 1. The molecule has 1 atom stereocenters. The normalized spacial score (nSPS) is 20.3. The van der Waals surface area contributed by atoms with E-state index in [1.165, 1.54) is 12.8 Å². The molecule has 3 nitrogen and oxygen atoms in total. The van der Waals surface area contributed by atoms with Crippen LogP contribution < -0.4 is 0 Å². The van der Waals surface area contributed by atoms with Crippen LogP contribution in [0.5, 0.6) is 0 Å². The van der Waals surface area contributed by atoms with Crippen molar-refractivity contribution in [2.45, 2.75) is 25.8 Å². The van der Waals surface area contributed by atoms with E-state index in [0.717, 1.165) is 12.5 Å². The maximum Gasteiger partial charge on any atom is 0.320 e. The topological polar surface area (TPSA) is 40.5 Å². The van der Waals surface area contributed by atoms with Gasteiger partial charge in [0, 0.05) is 6.54 Å². The highest BCUT2D eigenvalue weighted by Gasteiger charge is 2.26. The van der Waals surface area contributed by atoms with Crippen LogP contribution in [0.2, 0.25) is 0 Å². The summed E-state index contributed by atoms with van der Waals surface area (Å²) in [5, 5.41) is 8.64. The van der Waals surface area contributed by atoms with E-state index >= 15 is 0 Å². The highest BCUT2D eigenvalue weighted by molar-refractivity contribution is 5.72. The van der Waals surface area contributed by atoms with E-state index in [1.54, 1.807) is 6.92 Å². The third-order valence-corrected chi connectivity index (χ3v) is 2.26. The van der Waals surface area contributed by atoms with Crippen molar-refractivity contribution < 1.29 is 9.90 Å². The second-order valence-electron chi connectivity index (χ2n) is 3.40. The standard InChI is InChI=1S/C8H15NO2/c1-6(8(10)11)9(2)5-7-3-4-7/h6-7H,3-5H2,1-2H3,(H,10,11)/t6-/m0/s1. The first kappa shape index (κ1) is 8.53. The third kappa shape index (κ3) is 2.50. The van der Waals surface area contributed by atoms with E-state index in [-0.39, 0.29) is 6.04 Å². The van der Waals surface area contributed by atoms with E-state index < -0.39 is 5.97 Å². The molecule has 0 aliphatic heterocycles. The van der Waals surface area contributed by atoms with Gasteiger partial charge in [0.25, 0.3) is 0 Å². The summed E-state index contributed by atoms with van der Waals surface area (Å²) in [6.07, 6.45) is 2.55. The van der Waals surface area contributed by atoms with Crippen molar-refractivity contribution in [1.29, 1.82) is 0 Å². The first-order chi connectivity index (χ1) is 5.11. The van der Waals surface area contributed by atoms with Crippen molar-refractivity contribution in [2.75, 3.05) is 13.6 Å². The summed E-state index contributed by atoms with van der Waals surface area (Å²) in [7, 11) is 1.87. The van der Waals surface area contributed by atoms with Gasteiger partial charge in [-0.3, -0.25) is 9.69 Å². The lowest BCUT2D eigenvalue weighted by molar-refractivity contribution is -0.142. The summed E-state index contributed by atoms with van der Waals surface area (Å²) in [5.74, 6) is 0.0370. The smallest absolute Gasteiger partial charge is 0.320 e. The van der Waals surface area contributed by atoms with Crippen LogP contribution in [0.1, 0.15) is 19.8 Å². The Morgan fingerprint density at radius 1 is 1.73 bits per heavy atom. The molecular weight excluding hydrogens is 142 g/mol. The molecule has 3 heteroatoms. The van der Waals surface area contributed by atoms with Gasteiger partial charge >= 0.3 is 5.97 Å². The number of carbonyl (C=O) groups is 1. The summed E-state index contributed by atoms with van der Waals surface area (Å²) in [6, 6.07) is -0.337. The van der Waals surface area contributed by atoms with Crippen LogP contribution in [-0.4, -0.2) is 35.6 Å². The Morgan fingerprint density at radius 2 is 2.27 bits per heavy atom. The van der Waals surface area contributed by atoms with Crippen LogP contribution in [-0.2, 0) is 4.79 Å². The van der Waals surface area contributed by atoms with Gasteiger partial charge in [-0.2, -0.15) is 0 Å². The van der Waals surface area contributed by atoms with Gasteiger partial charge in [0.2, 0.25) is 0 Å². The maximum atomic E-state index is 10.5. The highest BCUT2D eigenvalue weighted by atomic mass is 16.4. The molecule has 0 unspecified atom stereocenters. The number of aliphatic carboxylic acids is 1. The Kier molecular flexibility index (Phi) is 2.49. The van der Waals surface area contributed by atoms with Crippen molar-refractivity contribution in [2.24, 2.45) is 5.92 Å². The summed E-state index contributed by atoms with van der Waals surface area (Å²) in [5.41, 5.74) is 0. The van der Waals surface area contributed by atoms with Gasteiger partial charge in [0.1, 0.15) is 6.04 Å². The second-order valence-corrected chi connectivity index (χ2v) is 3.40. The first-order valence-electron chi connectivity index (χ1n) is 4.04. The van der Waals surface area contributed by atoms with E-state index in [1.807, 2.05) is 11.9 Å². The predicted octanol–water partition coefficient (Wildman–Crippen LogP) is 0.801. The van der Waals surface area contributed by atoms with Crippen LogP contribution in [0, 0.1) is 5.92 Å². The molecule has 0 amide bonds. The Hall–Kier alpha value is -0.570. The van der Waals surface area contributed by atoms with Crippen molar-refractivity contribution in [3.8, 4) is 0 Å². The number of rotatable bonds is 4. The minimum atomic E-state index is -0.729. The van der Waals surface area contributed by atoms with Gasteiger partial charge in [-0.25, -0.2) is 0 Å². The van der Waals surface area contributed by atoms with Gasteiger partial charge in [-0.05, 0) is 32.7 Å². The lowest BCUT2D eigenvalue weighted by Crippen LogP contribution is -2.37. The maximum absolute atomic E-state index is 10.5. The number of carboxylic acids is 1. The minimum Gasteiger partial charge on any atom is -0.480 e. The van der Waals surface area contributed by atoms with Crippen LogP contribution in [0.25, 0.3) is 0 Å². The molecule has 0 bridgehead atoms. The summed E-state index contributed by atoms with van der Waals surface area (Å²) in [6.45, 7) is 2.66. The van der Waals surface area contributed by atoms with Gasteiger partial charge in [0.15, 0.2) is 0 Å². The fourth-order valence-corrected chi connectivity index (χ4v) is 1.05. The zero-order valence-corrected chi connectivity index (χ0v) is 7.08. The summed E-state index contributed by atoms with van der Waals surface area (Å²) in [4.78, 5) is 12.4. The van der Waals surface area contributed by atoms with Gasteiger partial charge in [0.05, 0.1) is 0 Å². The zero-order valence-electron chi connectivity index (χ0n) is 7.08. The summed E-state index contributed by atoms with van der Waals surface area (Å²) < 4.78 is 0. The molecule has 0 spiro atoms. The molecule has 64 valence electrons. The molecule has 0 aromatic rings. The molecule has 1 saturated carbocycles. The minimum absolute atomic E-state index is 0.337. The monoisotopic (exact) mass is 157 g/mol. The van der Waals surface area contributed by atoms with Crippen LogP contribution in [0.4, 0.5) is 0 Å². The number of hydrogen-bond donors (Lipinski definition) is 1. The molecule has 0 aromatic carbocycles. The lowest BCUT2D eigenvalue weighted by atomic mass is 10.3. The largest absolute Gasteiger partial charge is 0.480 e. The van der Waals surface area contributed by atoms with Gasteiger partial charge in [-0.1, -0.05) is 0 Å². The fourth-order valence-electron chi connectivity index (χ4n) is 1.05. The molecular formula is C8H15NO2. The first-order valence-corrected chi connectivity index (χ1v) is 4.04. The molecule has 0 heterocycles. The average molecular weight is 157 g/mol. The van der Waals surface area contributed by atoms with Crippen molar-refractivity contribution in [1.82, 2.24) is 4.90 Å². The second kappa shape index (κ2) is 3.22. The Morgan fingerprint density at radius 3 is 2.64 bits per heavy atom. The SMILES string of the molecule is C[C@@H](C(=O)O)N(C)CC1CC1. The van der Waals surface area contributed by atoms with Crippen molar-refractivity contribution in [3.05, 3.63) is 0 Å². The molecule has 0 aromatic heterocycles. The Balaban J connectivity index is 2.26. The molecule has 1 aliphatic carbocycles. The molecule has 1 N–H and O–H groups in total. The van der Waals surface area contributed by atoms with Crippen molar-refractivity contribution in [3.63, 3.8) is 0 Å².